The first-order chi connectivity index (χ1) is 6.76. The molecule has 0 fully saturated rings. The van der Waals surface area contributed by atoms with Crippen molar-refractivity contribution in [3.63, 3.8) is 0 Å². The molecular formula is C8H12ClN3O3. The number of azide groups is 1. The van der Waals surface area contributed by atoms with Crippen molar-refractivity contribution >= 4 is 22.8 Å². The summed E-state index contributed by atoms with van der Waals surface area (Å²) >= 11 is 5.13. The fraction of sp³-hybridized carbons (Fsp3) is 0.750. The zero-order valence-electron chi connectivity index (χ0n) is 8.73. The molecule has 1 atom stereocenters. The molecule has 0 radical (unpaired) electrons. The van der Waals surface area contributed by atoms with Crippen LogP contribution in [-0.4, -0.2) is 22.9 Å². The minimum absolute atomic E-state index is 0.344. The van der Waals surface area contributed by atoms with Crippen molar-refractivity contribution < 1.29 is 14.3 Å². The third kappa shape index (κ3) is 6.76. The van der Waals surface area contributed by atoms with Gasteiger partial charge in [0.2, 0.25) is 5.24 Å². The third-order valence-electron chi connectivity index (χ3n) is 1.23. The van der Waals surface area contributed by atoms with Crippen molar-refractivity contribution in [3.05, 3.63) is 10.4 Å². The van der Waals surface area contributed by atoms with E-state index in [0.29, 0.717) is 0 Å². The molecule has 0 aliphatic rings. The Kier molecular flexibility index (Phi) is 5.11. The van der Waals surface area contributed by atoms with Gasteiger partial charge in [-0.15, -0.1) is 0 Å². The minimum Gasteiger partial charge on any atom is -0.460 e. The van der Waals surface area contributed by atoms with Crippen LogP contribution in [-0.2, 0) is 14.3 Å². The number of esters is 1. The zero-order chi connectivity index (χ0) is 12.1. The highest BCUT2D eigenvalue weighted by Gasteiger charge is 2.23. The zero-order valence-corrected chi connectivity index (χ0v) is 9.48. The van der Waals surface area contributed by atoms with Crippen LogP contribution in [0.3, 0.4) is 0 Å². The average Bonchev–Trinajstić information content (AvgIpc) is 1.99. The molecule has 0 aliphatic heterocycles. The highest BCUT2D eigenvalue weighted by Crippen LogP contribution is 2.11. The van der Waals surface area contributed by atoms with Crippen LogP contribution in [0.15, 0.2) is 5.11 Å². The number of nitrogens with zero attached hydrogens (tertiary/aromatic N) is 3. The molecule has 0 aromatic carbocycles. The highest BCUT2D eigenvalue weighted by atomic mass is 35.5. The largest absolute Gasteiger partial charge is 0.460 e. The van der Waals surface area contributed by atoms with Crippen molar-refractivity contribution in [1.82, 2.24) is 0 Å². The smallest absolute Gasteiger partial charge is 0.307 e. The molecule has 6 nitrogen and oxygen atoms in total. The summed E-state index contributed by atoms with van der Waals surface area (Å²) in [6, 6.07) is -1.20. The van der Waals surface area contributed by atoms with E-state index in [2.05, 4.69) is 10.0 Å². The maximum absolute atomic E-state index is 11.2. The van der Waals surface area contributed by atoms with Gasteiger partial charge in [-0.1, -0.05) is 5.11 Å². The van der Waals surface area contributed by atoms with E-state index >= 15 is 0 Å². The van der Waals surface area contributed by atoms with Gasteiger partial charge in [0.25, 0.3) is 0 Å². The van der Waals surface area contributed by atoms with Gasteiger partial charge in [0, 0.05) is 4.91 Å². The van der Waals surface area contributed by atoms with Gasteiger partial charge < -0.3 is 4.74 Å². The second-order valence-electron chi connectivity index (χ2n) is 3.82. The molecule has 0 rings (SSSR count). The Hall–Kier alpha value is -1.26. The molecule has 0 heterocycles. The van der Waals surface area contributed by atoms with Crippen LogP contribution >= 0.6 is 11.6 Å². The van der Waals surface area contributed by atoms with Gasteiger partial charge in [-0.2, -0.15) is 0 Å². The molecule has 1 unspecified atom stereocenters. The lowest BCUT2D eigenvalue weighted by atomic mass is 10.2. The molecule has 0 N–H and O–H groups in total. The summed E-state index contributed by atoms with van der Waals surface area (Å²) in [6.45, 7) is 5.07. The number of carbonyl (C=O) groups is 2. The lowest BCUT2D eigenvalue weighted by molar-refractivity contribution is -0.155. The summed E-state index contributed by atoms with van der Waals surface area (Å²) in [6.07, 6.45) is -0.344. The molecule has 15 heavy (non-hydrogen) atoms. The molecule has 0 saturated carbocycles. The number of rotatable bonds is 4. The maximum Gasteiger partial charge on any atom is 0.307 e. The van der Waals surface area contributed by atoms with Crippen LogP contribution in [0.5, 0.6) is 0 Å². The summed E-state index contributed by atoms with van der Waals surface area (Å²) in [4.78, 5) is 24.4. The molecule has 84 valence electrons. The van der Waals surface area contributed by atoms with E-state index < -0.39 is 22.9 Å². The molecule has 0 bridgehead atoms. The number of hydrogen-bond donors (Lipinski definition) is 0. The van der Waals surface area contributed by atoms with Gasteiger partial charge in [0.15, 0.2) is 0 Å². The van der Waals surface area contributed by atoms with E-state index in [-0.39, 0.29) is 6.42 Å². The number of carbonyl (C=O) groups excluding carboxylic acids is 2. The van der Waals surface area contributed by atoms with Crippen LogP contribution in [0.2, 0.25) is 0 Å². The van der Waals surface area contributed by atoms with Gasteiger partial charge in [-0.25, -0.2) is 0 Å². The highest BCUT2D eigenvalue weighted by molar-refractivity contribution is 6.64. The van der Waals surface area contributed by atoms with Crippen LogP contribution in [0.25, 0.3) is 10.4 Å². The van der Waals surface area contributed by atoms with E-state index in [4.69, 9.17) is 21.9 Å². The monoisotopic (exact) mass is 233 g/mol. The molecule has 0 saturated heterocycles. The lowest BCUT2D eigenvalue weighted by Gasteiger charge is -2.20. The molecule has 7 heteroatoms. The molecule has 0 aromatic heterocycles. The number of hydrogen-bond acceptors (Lipinski definition) is 4. The Bertz CT molecular complexity index is 303. The Morgan fingerprint density at radius 2 is 2.07 bits per heavy atom. The van der Waals surface area contributed by atoms with Crippen LogP contribution in [0.4, 0.5) is 0 Å². The predicted octanol–water partition coefficient (Wildman–Crippen LogP) is 2.16. The second-order valence-corrected chi connectivity index (χ2v) is 4.19. The van der Waals surface area contributed by atoms with E-state index in [1.54, 1.807) is 20.8 Å². The third-order valence-corrected chi connectivity index (χ3v) is 1.48. The van der Waals surface area contributed by atoms with Crippen LogP contribution < -0.4 is 0 Å². The molecular weight excluding hydrogens is 222 g/mol. The predicted molar refractivity (Wildman–Crippen MR) is 54.3 cm³/mol. The maximum atomic E-state index is 11.2. The van der Waals surface area contributed by atoms with Gasteiger partial charge in [0.1, 0.15) is 11.6 Å². The second kappa shape index (κ2) is 5.58. The summed E-state index contributed by atoms with van der Waals surface area (Å²) in [7, 11) is 0. The molecule has 0 spiro atoms. The fourth-order valence-corrected chi connectivity index (χ4v) is 0.891. The molecule has 0 amide bonds. The first-order valence-corrected chi connectivity index (χ1v) is 4.59. The number of ether oxygens (including phenoxy) is 1. The topological polar surface area (TPSA) is 92.1 Å². The SMILES string of the molecule is CC(C)(C)OC(=O)CC(N=[N+]=[N-])C(=O)Cl. The first-order valence-electron chi connectivity index (χ1n) is 4.21. The van der Waals surface area contributed by atoms with E-state index in [0.717, 1.165) is 0 Å². The Balaban J connectivity index is 4.37. The van der Waals surface area contributed by atoms with E-state index in [1.165, 1.54) is 0 Å². The van der Waals surface area contributed by atoms with Crippen molar-refractivity contribution in [2.24, 2.45) is 5.11 Å². The van der Waals surface area contributed by atoms with Gasteiger partial charge in [-0.3, -0.25) is 9.59 Å². The Labute approximate surface area is 92.2 Å². The van der Waals surface area contributed by atoms with Crippen molar-refractivity contribution in [2.45, 2.75) is 38.8 Å². The standard InChI is InChI=1S/C8H12ClN3O3/c1-8(2,3)15-6(13)4-5(7(9)14)11-12-10/h5H,4H2,1-3H3. The molecule has 0 aliphatic carbocycles. The number of halogens is 1. The first kappa shape index (κ1) is 13.7. The normalized spacial score (nSPS) is 12.5. The Morgan fingerprint density at radius 1 is 1.53 bits per heavy atom. The summed E-state index contributed by atoms with van der Waals surface area (Å²) in [5.74, 6) is -0.631. The fourth-order valence-electron chi connectivity index (χ4n) is 0.770. The van der Waals surface area contributed by atoms with Crippen LogP contribution in [0.1, 0.15) is 27.2 Å². The van der Waals surface area contributed by atoms with Crippen LogP contribution in [0, 0.1) is 0 Å². The van der Waals surface area contributed by atoms with Gasteiger partial charge in [-0.05, 0) is 37.9 Å². The quantitative estimate of drug-likeness (QED) is 0.245. The minimum atomic E-state index is -1.20. The van der Waals surface area contributed by atoms with E-state index in [1.807, 2.05) is 0 Å². The average molecular weight is 234 g/mol. The lowest BCUT2D eigenvalue weighted by Crippen LogP contribution is -2.27. The van der Waals surface area contributed by atoms with Crippen molar-refractivity contribution in [3.8, 4) is 0 Å². The van der Waals surface area contributed by atoms with Crippen molar-refractivity contribution in [1.29, 1.82) is 0 Å². The Morgan fingerprint density at radius 3 is 2.40 bits per heavy atom. The van der Waals surface area contributed by atoms with Gasteiger partial charge >= 0.3 is 5.97 Å². The van der Waals surface area contributed by atoms with Gasteiger partial charge in [0.05, 0.1) is 6.42 Å². The summed E-state index contributed by atoms with van der Waals surface area (Å²) in [5, 5.41) is 2.22. The van der Waals surface area contributed by atoms with E-state index in [9.17, 15) is 9.59 Å². The molecule has 0 aromatic rings. The van der Waals surface area contributed by atoms with Crippen molar-refractivity contribution in [2.75, 3.05) is 0 Å². The summed E-state index contributed by atoms with van der Waals surface area (Å²) in [5.41, 5.74) is 7.48. The summed E-state index contributed by atoms with van der Waals surface area (Å²) < 4.78 is 4.93.